The molecule has 2 aliphatic heterocycles. The number of urea groups is 1. The molecule has 2 aromatic rings. The lowest BCUT2D eigenvalue weighted by atomic mass is 9.99. The van der Waals surface area contributed by atoms with Crippen LogP contribution in [0, 0.1) is 6.92 Å². The first kappa shape index (κ1) is 21.9. The molecule has 2 atom stereocenters. The summed E-state index contributed by atoms with van der Waals surface area (Å²) in [6.45, 7) is 4.38. The second-order valence-electron chi connectivity index (χ2n) is 7.29. The van der Waals surface area contributed by atoms with E-state index < -0.39 is 29.6 Å². The highest BCUT2D eigenvalue weighted by Crippen LogP contribution is 2.33. The highest BCUT2D eigenvalue weighted by Gasteiger charge is 2.36. The Morgan fingerprint density at radius 1 is 1.35 bits per heavy atom. The number of aliphatic hydroxyl groups is 1. The van der Waals surface area contributed by atoms with Crippen LogP contribution in [0.3, 0.4) is 0 Å². The van der Waals surface area contributed by atoms with Gasteiger partial charge in [-0.3, -0.25) is 9.80 Å². The van der Waals surface area contributed by atoms with Crippen molar-refractivity contribution in [2.24, 2.45) is 4.99 Å². The Bertz CT molecular complexity index is 1050. The number of hydrogen-bond donors (Lipinski definition) is 2. The lowest BCUT2D eigenvalue weighted by Gasteiger charge is -2.38. The van der Waals surface area contributed by atoms with Gasteiger partial charge in [-0.05, 0) is 36.4 Å². The second kappa shape index (κ2) is 8.34. The zero-order chi connectivity index (χ0) is 22.3. The van der Waals surface area contributed by atoms with E-state index in [-0.39, 0.29) is 6.54 Å². The predicted molar refractivity (Wildman–Crippen MR) is 113 cm³/mol. The normalized spacial score (nSPS) is 22.9. The third kappa shape index (κ3) is 4.66. The molecule has 1 unspecified atom stereocenters. The number of nitrogens with zero attached hydrogens (tertiary/aromatic N) is 4. The molecule has 2 N–H and O–H groups in total. The standard InChI is InChI=1S/C19H20F3N5O2S2/c1-10-5-12(9-30-10)14-3-4-26(8-15(14)28)17-24-11(2)27(18(29)25-17)7-13-6-23-16(31-13)19(20,21)22/h3,5-6,9,15,17,28H,4,7-8H2,1-2H3,(H,25,29)/t15-,17?/m0/s1. The van der Waals surface area contributed by atoms with Gasteiger partial charge in [-0.1, -0.05) is 6.08 Å². The van der Waals surface area contributed by atoms with E-state index in [1.807, 2.05) is 29.3 Å². The van der Waals surface area contributed by atoms with Crippen molar-refractivity contribution in [3.05, 3.63) is 44.0 Å². The molecule has 7 nitrogen and oxygen atoms in total. The topological polar surface area (TPSA) is 81.1 Å². The molecule has 31 heavy (non-hydrogen) atoms. The molecular weight excluding hydrogens is 451 g/mol. The number of aliphatic hydroxyl groups excluding tert-OH is 1. The number of aromatic nitrogens is 1. The fraction of sp³-hybridized carbons (Fsp3) is 0.421. The minimum absolute atomic E-state index is 0.0498. The van der Waals surface area contributed by atoms with Crippen molar-refractivity contribution < 1.29 is 23.1 Å². The van der Waals surface area contributed by atoms with Gasteiger partial charge in [0.15, 0.2) is 11.3 Å². The highest BCUT2D eigenvalue weighted by molar-refractivity contribution is 7.11. The lowest BCUT2D eigenvalue weighted by molar-refractivity contribution is -0.137. The maximum absolute atomic E-state index is 12.8. The molecule has 0 radical (unpaired) electrons. The SMILES string of the molecule is CC1=NC(N2CC=C(c3csc(C)c3)[C@@H](O)C2)NC(=O)N1Cc1cnc(C(F)(F)F)s1. The molecule has 0 bridgehead atoms. The van der Waals surface area contributed by atoms with Crippen LogP contribution in [0.4, 0.5) is 18.0 Å². The monoisotopic (exact) mass is 471 g/mol. The molecule has 4 rings (SSSR count). The van der Waals surface area contributed by atoms with Crippen LogP contribution in [0.25, 0.3) is 5.57 Å². The summed E-state index contributed by atoms with van der Waals surface area (Å²) >= 11 is 2.12. The molecule has 0 aliphatic carbocycles. The van der Waals surface area contributed by atoms with Gasteiger partial charge < -0.3 is 10.4 Å². The van der Waals surface area contributed by atoms with Crippen molar-refractivity contribution in [1.29, 1.82) is 0 Å². The summed E-state index contributed by atoms with van der Waals surface area (Å²) in [7, 11) is 0. The Labute approximate surface area is 184 Å². The van der Waals surface area contributed by atoms with Gasteiger partial charge in [-0.2, -0.15) is 13.2 Å². The number of aliphatic imine (C=N–C) groups is 1. The Balaban J connectivity index is 1.45. The predicted octanol–water partition coefficient (Wildman–Crippen LogP) is 3.52. The summed E-state index contributed by atoms with van der Waals surface area (Å²) in [4.78, 5) is 25.1. The summed E-state index contributed by atoms with van der Waals surface area (Å²) in [6.07, 6.45) is -2.84. The van der Waals surface area contributed by atoms with Crippen LogP contribution in [-0.2, 0) is 12.7 Å². The van der Waals surface area contributed by atoms with Crippen LogP contribution in [0.2, 0.25) is 0 Å². The summed E-state index contributed by atoms with van der Waals surface area (Å²) in [5.41, 5.74) is 1.85. The number of thiophene rings is 1. The lowest BCUT2D eigenvalue weighted by Crippen LogP contribution is -2.58. The number of aryl methyl sites for hydroxylation is 1. The minimum atomic E-state index is -4.51. The molecule has 2 aromatic heterocycles. The first-order chi connectivity index (χ1) is 14.6. The van der Waals surface area contributed by atoms with Gasteiger partial charge in [0.25, 0.3) is 0 Å². The van der Waals surface area contributed by atoms with E-state index in [1.54, 1.807) is 18.3 Å². The number of rotatable bonds is 4. The number of halogens is 3. The largest absolute Gasteiger partial charge is 0.443 e. The average Bonchev–Trinajstić information content (AvgIpc) is 3.33. The van der Waals surface area contributed by atoms with Crippen molar-refractivity contribution in [3.63, 3.8) is 0 Å². The van der Waals surface area contributed by atoms with Gasteiger partial charge in [0.2, 0.25) is 0 Å². The number of carbonyl (C=O) groups excluding carboxylic acids is 1. The molecule has 0 saturated carbocycles. The Hall–Kier alpha value is -2.28. The highest BCUT2D eigenvalue weighted by atomic mass is 32.1. The van der Waals surface area contributed by atoms with Crippen LogP contribution in [-0.4, -0.2) is 57.2 Å². The van der Waals surface area contributed by atoms with Gasteiger partial charge in [0.1, 0.15) is 5.84 Å². The third-order valence-corrected chi connectivity index (χ3v) is 6.92. The minimum Gasteiger partial charge on any atom is -0.387 e. The van der Waals surface area contributed by atoms with Crippen molar-refractivity contribution in [2.45, 2.75) is 39.0 Å². The molecule has 4 heterocycles. The third-order valence-electron chi connectivity index (χ3n) is 5.03. The quantitative estimate of drug-likeness (QED) is 0.715. The summed E-state index contributed by atoms with van der Waals surface area (Å²) in [5, 5.41) is 14.4. The van der Waals surface area contributed by atoms with Gasteiger partial charge in [-0.15, -0.1) is 22.7 Å². The Morgan fingerprint density at radius 3 is 2.71 bits per heavy atom. The van der Waals surface area contributed by atoms with E-state index in [9.17, 15) is 23.1 Å². The van der Waals surface area contributed by atoms with Crippen LogP contribution in [0.5, 0.6) is 0 Å². The van der Waals surface area contributed by atoms with E-state index >= 15 is 0 Å². The van der Waals surface area contributed by atoms with E-state index in [1.165, 1.54) is 4.90 Å². The van der Waals surface area contributed by atoms with Crippen molar-refractivity contribution >= 4 is 40.1 Å². The smallest absolute Gasteiger partial charge is 0.387 e. The number of carbonyl (C=O) groups is 1. The molecular formula is C19H20F3N5O2S2. The van der Waals surface area contributed by atoms with Gasteiger partial charge in [0.05, 0.1) is 12.6 Å². The molecule has 2 amide bonds. The molecule has 2 aliphatic rings. The fourth-order valence-corrected chi connectivity index (χ4v) is 4.97. The maximum atomic E-state index is 12.8. The Kier molecular flexibility index (Phi) is 5.90. The van der Waals surface area contributed by atoms with Gasteiger partial charge in [0, 0.05) is 29.0 Å². The summed E-state index contributed by atoms with van der Waals surface area (Å²) < 4.78 is 38.3. The summed E-state index contributed by atoms with van der Waals surface area (Å²) in [5.74, 6) is 0.383. The van der Waals surface area contributed by atoms with Crippen molar-refractivity contribution in [1.82, 2.24) is 20.1 Å². The maximum Gasteiger partial charge on any atom is 0.443 e. The molecule has 12 heteroatoms. The van der Waals surface area contributed by atoms with Crippen LogP contribution in [0.15, 0.2) is 28.7 Å². The fourth-order valence-electron chi connectivity index (χ4n) is 3.49. The molecule has 166 valence electrons. The average molecular weight is 472 g/mol. The van der Waals surface area contributed by atoms with Crippen molar-refractivity contribution in [2.75, 3.05) is 13.1 Å². The summed E-state index contributed by atoms with van der Waals surface area (Å²) in [6, 6.07) is 1.57. The number of thiazole rings is 1. The van der Waals surface area contributed by atoms with E-state index in [0.29, 0.717) is 35.1 Å². The second-order valence-corrected chi connectivity index (χ2v) is 9.52. The number of β-amino-alcohol motifs (C(OH)–C–C–N with tert-alkyl or cyclic N) is 1. The first-order valence-corrected chi connectivity index (χ1v) is 11.1. The van der Waals surface area contributed by atoms with Crippen LogP contribution < -0.4 is 5.32 Å². The molecule has 0 aromatic carbocycles. The number of amidine groups is 1. The van der Waals surface area contributed by atoms with E-state index in [0.717, 1.165) is 22.2 Å². The first-order valence-electron chi connectivity index (χ1n) is 9.44. The zero-order valence-electron chi connectivity index (χ0n) is 16.7. The number of amides is 2. The van der Waals surface area contributed by atoms with E-state index in [2.05, 4.69) is 15.3 Å². The van der Waals surface area contributed by atoms with E-state index in [4.69, 9.17) is 0 Å². The van der Waals surface area contributed by atoms with Gasteiger partial charge >= 0.3 is 12.2 Å². The number of alkyl halides is 3. The zero-order valence-corrected chi connectivity index (χ0v) is 18.3. The van der Waals surface area contributed by atoms with Crippen LogP contribution in [0.1, 0.15) is 27.2 Å². The van der Waals surface area contributed by atoms with Crippen molar-refractivity contribution in [3.8, 4) is 0 Å². The number of hydrogen-bond acceptors (Lipinski definition) is 7. The molecule has 0 spiro atoms. The molecule has 0 saturated heterocycles. The van der Waals surface area contributed by atoms with Crippen LogP contribution >= 0.6 is 22.7 Å². The number of nitrogens with one attached hydrogen (secondary N) is 1. The van der Waals surface area contributed by atoms with Gasteiger partial charge in [-0.25, -0.2) is 14.8 Å². The Morgan fingerprint density at radius 2 is 2.13 bits per heavy atom. The molecule has 0 fully saturated rings.